The molecule has 4 rings (SSSR count). The van der Waals surface area contributed by atoms with Crippen molar-refractivity contribution in [3.63, 3.8) is 0 Å². The maximum atomic E-state index is 12.4. The average Bonchev–Trinajstić information content (AvgIpc) is 3.18. The van der Waals surface area contributed by atoms with Crippen molar-refractivity contribution in [1.82, 2.24) is 14.8 Å². The Morgan fingerprint density at radius 3 is 2.36 bits per heavy atom. The molecule has 3 aromatic rings. The van der Waals surface area contributed by atoms with E-state index in [1.807, 2.05) is 48.5 Å². The minimum absolute atomic E-state index is 0.0318. The fourth-order valence-corrected chi connectivity index (χ4v) is 4.48. The van der Waals surface area contributed by atoms with Crippen LogP contribution in [0.2, 0.25) is 0 Å². The van der Waals surface area contributed by atoms with E-state index in [1.54, 1.807) is 0 Å². The van der Waals surface area contributed by atoms with Crippen LogP contribution in [0.1, 0.15) is 38.1 Å². The Bertz CT molecular complexity index is 905. The number of anilines is 1. The van der Waals surface area contributed by atoms with E-state index in [-0.39, 0.29) is 5.91 Å². The highest BCUT2D eigenvalue weighted by Gasteiger charge is 2.24. The van der Waals surface area contributed by atoms with Gasteiger partial charge in [-0.25, -0.2) is 0 Å². The van der Waals surface area contributed by atoms with Gasteiger partial charge in [0.05, 0.1) is 5.75 Å². The Labute approximate surface area is 169 Å². The minimum atomic E-state index is -0.0318. The molecule has 0 spiro atoms. The Morgan fingerprint density at radius 1 is 0.964 bits per heavy atom. The zero-order chi connectivity index (χ0) is 19.2. The number of thioether (sulfide) groups is 1. The molecule has 0 aliphatic heterocycles. The number of benzene rings is 2. The van der Waals surface area contributed by atoms with Crippen molar-refractivity contribution in [2.75, 3.05) is 11.1 Å². The molecule has 1 N–H and O–H groups in total. The third kappa shape index (κ3) is 4.44. The largest absolute Gasteiger partial charge is 0.325 e. The minimum Gasteiger partial charge on any atom is -0.325 e. The predicted octanol–water partition coefficient (Wildman–Crippen LogP) is 5.18. The zero-order valence-corrected chi connectivity index (χ0v) is 16.6. The van der Waals surface area contributed by atoms with Gasteiger partial charge in [-0.3, -0.25) is 9.36 Å². The lowest BCUT2D eigenvalue weighted by atomic mass is 9.95. The van der Waals surface area contributed by atoms with Gasteiger partial charge in [-0.05, 0) is 25.0 Å². The van der Waals surface area contributed by atoms with Gasteiger partial charge >= 0.3 is 0 Å². The van der Waals surface area contributed by atoms with Crippen molar-refractivity contribution < 1.29 is 4.79 Å². The van der Waals surface area contributed by atoms with Gasteiger partial charge in [-0.2, -0.15) is 0 Å². The summed E-state index contributed by atoms with van der Waals surface area (Å²) in [5.74, 6) is 1.18. The molecule has 0 bridgehead atoms. The second kappa shape index (κ2) is 9.06. The molecule has 2 aromatic carbocycles. The number of nitrogens with zero attached hydrogens (tertiary/aromatic N) is 3. The lowest BCUT2D eigenvalue weighted by Crippen LogP contribution is -2.17. The van der Waals surface area contributed by atoms with Crippen molar-refractivity contribution in [2.24, 2.45) is 0 Å². The normalized spacial score (nSPS) is 14.7. The van der Waals surface area contributed by atoms with Crippen molar-refractivity contribution in [3.8, 4) is 11.4 Å². The summed E-state index contributed by atoms with van der Waals surface area (Å²) in [5, 5.41) is 12.7. The Kier molecular flexibility index (Phi) is 6.07. The summed E-state index contributed by atoms with van der Waals surface area (Å²) in [6, 6.07) is 20.1. The lowest BCUT2D eigenvalue weighted by molar-refractivity contribution is -0.113. The molecular weight excluding hydrogens is 368 g/mol. The van der Waals surface area contributed by atoms with Crippen LogP contribution in [0.5, 0.6) is 0 Å². The van der Waals surface area contributed by atoms with E-state index in [4.69, 9.17) is 0 Å². The number of carbonyl (C=O) groups is 1. The van der Waals surface area contributed by atoms with Crippen LogP contribution in [0.25, 0.3) is 11.4 Å². The van der Waals surface area contributed by atoms with Crippen molar-refractivity contribution >= 4 is 23.4 Å². The third-order valence-electron chi connectivity index (χ3n) is 5.03. The van der Waals surface area contributed by atoms with Crippen molar-refractivity contribution in [3.05, 3.63) is 60.7 Å². The summed E-state index contributed by atoms with van der Waals surface area (Å²) in [7, 11) is 0. The number of carbonyl (C=O) groups excluding carboxylic acids is 1. The number of para-hydroxylation sites is 1. The van der Waals surface area contributed by atoms with Crippen molar-refractivity contribution in [1.29, 1.82) is 0 Å². The summed E-state index contributed by atoms with van der Waals surface area (Å²) < 4.78 is 2.26. The molecule has 1 aliphatic rings. The van der Waals surface area contributed by atoms with Crippen LogP contribution < -0.4 is 5.32 Å². The Balaban J connectivity index is 1.53. The third-order valence-corrected chi connectivity index (χ3v) is 5.97. The number of hydrogen-bond donors (Lipinski definition) is 1. The van der Waals surface area contributed by atoms with E-state index in [9.17, 15) is 4.79 Å². The Morgan fingerprint density at radius 2 is 1.64 bits per heavy atom. The predicted molar refractivity (Wildman–Crippen MR) is 113 cm³/mol. The molecule has 5 nitrogen and oxygen atoms in total. The Hall–Kier alpha value is -2.60. The monoisotopic (exact) mass is 392 g/mol. The van der Waals surface area contributed by atoms with Crippen LogP contribution in [0.4, 0.5) is 5.69 Å². The SMILES string of the molecule is O=C(CSc1nnc(-c2ccccc2)n1C1CCCCC1)Nc1ccccc1. The summed E-state index contributed by atoms with van der Waals surface area (Å²) in [5.41, 5.74) is 1.88. The molecule has 0 atom stereocenters. The van der Waals surface area contributed by atoms with E-state index in [2.05, 4.69) is 32.2 Å². The van der Waals surface area contributed by atoms with Crippen LogP contribution in [0.15, 0.2) is 65.8 Å². The molecule has 0 radical (unpaired) electrons. The van der Waals surface area contributed by atoms with Gasteiger partial charge in [0.1, 0.15) is 0 Å². The lowest BCUT2D eigenvalue weighted by Gasteiger charge is -2.25. The second-order valence-electron chi connectivity index (χ2n) is 7.04. The van der Waals surface area contributed by atoms with Crippen LogP contribution in [-0.2, 0) is 4.79 Å². The first-order valence-corrected chi connectivity index (χ1v) is 10.8. The highest BCUT2D eigenvalue weighted by Crippen LogP contribution is 2.35. The van der Waals surface area contributed by atoms with Crippen LogP contribution in [0.3, 0.4) is 0 Å². The van der Waals surface area contributed by atoms with Gasteiger partial charge in [0.25, 0.3) is 0 Å². The fraction of sp³-hybridized carbons (Fsp3) is 0.318. The van der Waals surface area contributed by atoms with Gasteiger partial charge in [0, 0.05) is 17.3 Å². The maximum absolute atomic E-state index is 12.4. The van der Waals surface area contributed by atoms with Gasteiger partial charge in [-0.1, -0.05) is 79.6 Å². The molecule has 0 saturated heterocycles. The van der Waals surface area contributed by atoms with Gasteiger partial charge in [-0.15, -0.1) is 10.2 Å². The first kappa shape index (κ1) is 18.7. The molecule has 1 saturated carbocycles. The summed E-state index contributed by atoms with van der Waals surface area (Å²) >= 11 is 1.46. The van der Waals surface area contributed by atoms with Crippen molar-refractivity contribution in [2.45, 2.75) is 43.3 Å². The zero-order valence-electron chi connectivity index (χ0n) is 15.8. The highest BCUT2D eigenvalue weighted by atomic mass is 32.2. The highest BCUT2D eigenvalue weighted by molar-refractivity contribution is 7.99. The van der Waals surface area contributed by atoms with E-state index in [0.29, 0.717) is 11.8 Å². The number of amides is 1. The quantitative estimate of drug-likeness (QED) is 0.587. The molecule has 0 unspecified atom stereocenters. The standard InChI is InChI=1S/C22H24N4OS/c27-20(23-18-12-6-2-7-13-18)16-28-22-25-24-21(17-10-4-1-5-11-17)26(22)19-14-8-3-9-15-19/h1-2,4-7,10-13,19H,3,8-9,14-16H2,(H,23,27). The van der Waals surface area contributed by atoms with E-state index in [0.717, 1.165) is 35.1 Å². The fourth-order valence-electron chi connectivity index (χ4n) is 3.68. The summed E-state index contributed by atoms with van der Waals surface area (Å²) in [4.78, 5) is 12.4. The maximum Gasteiger partial charge on any atom is 0.234 e. The summed E-state index contributed by atoms with van der Waals surface area (Å²) in [6.07, 6.45) is 6.04. The van der Waals surface area contributed by atoms with E-state index >= 15 is 0 Å². The molecule has 1 heterocycles. The smallest absolute Gasteiger partial charge is 0.234 e. The number of rotatable bonds is 6. The first-order valence-electron chi connectivity index (χ1n) is 9.79. The molecule has 1 amide bonds. The van der Waals surface area contributed by atoms with E-state index < -0.39 is 0 Å². The molecule has 28 heavy (non-hydrogen) atoms. The topological polar surface area (TPSA) is 59.8 Å². The molecular formula is C22H24N4OS. The number of hydrogen-bond acceptors (Lipinski definition) is 4. The van der Waals surface area contributed by atoms with Gasteiger partial charge in [0.15, 0.2) is 11.0 Å². The van der Waals surface area contributed by atoms with E-state index in [1.165, 1.54) is 31.0 Å². The molecule has 144 valence electrons. The number of nitrogens with one attached hydrogen (secondary N) is 1. The average molecular weight is 393 g/mol. The molecule has 1 aromatic heterocycles. The van der Waals surface area contributed by atoms with Crippen LogP contribution in [0, 0.1) is 0 Å². The van der Waals surface area contributed by atoms with Gasteiger partial charge < -0.3 is 5.32 Å². The van der Waals surface area contributed by atoms with Crippen LogP contribution >= 0.6 is 11.8 Å². The second-order valence-corrected chi connectivity index (χ2v) is 7.98. The molecule has 1 fully saturated rings. The van der Waals surface area contributed by atoms with Crippen LogP contribution in [-0.4, -0.2) is 26.4 Å². The first-order chi connectivity index (χ1) is 13.8. The molecule has 1 aliphatic carbocycles. The summed E-state index contributed by atoms with van der Waals surface area (Å²) in [6.45, 7) is 0. The number of aromatic nitrogens is 3. The molecule has 6 heteroatoms. The van der Waals surface area contributed by atoms with Gasteiger partial charge in [0.2, 0.25) is 5.91 Å².